The minimum Gasteiger partial charge on any atom is -0.350 e. The Hall–Kier alpha value is -2.45. The van der Waals surface area contributed by atoms with Crippen LogP contribution in [0.15, 0.2) is 17.1 Å². The van der Waals surface area contributed by atoms with Gasteiger partial charge < -0.3 is 5.32 Å². The summed E-state index contributed by atoms with van der Waals surface area (Å²) in [5.74, 6) is -0.184. The van der Waals surface area contributed by atoms with Crippen LogP contribution in [-0.2, 0) is 25.6 Å². The summed E-state index contributed by atoms with van der Waals surface area (Å²) in [4.78, 5) is 19.1. The van der Waals surface area contributed by atoms with E-state index in [1.807, 2.05) is 13.8 Å². The highest BCUT2D eigenvalue weighted by Crippen LogP contribution is 2.27. The Morgan fingerprint density at radius 2 is 1.96 bits per heavy atom. The lowest BCUT2D eigenvalue weighted by molar-refractivity contribution is -0.141. The molecule has 2 N–H and O–H groups in total. The van der Waals surface area contributed by atoms with E-state index < -0.39 is 11.9 Å². The quantitative estimate of drug-likeness (QED) is 0.880. The molecule has 2 aromatic rings. The maximum atomic E-state index is 12.6. The number of hydrogen-bond donors (Lipinski definition) is 2. The second-order valence-electron chi connectivity index (χ2n) is 4.78. The molecule has 9 heteroatoms. The second-order valence-corrected chi connectivity index (χ2v) is 4.78. The molecule has 0 saturated heterocycles. The number of aromatic amines is 1. The number of nitrogens with zero attached hydrogens (tertiary/aromatic N) is 3. The van der Waals surface area contributed by atoms with Crippen molar-refractivity contribution in [2.75, 3.05) is 5.32 Å². The molecule has 0 aliphatic rings. The number of halogens is 3. The molecule has 0 aliphatic heterocycles. The Bertz CT molecular complexity index is 742. The number of hydrogen-bond acceptors (Lipinski definition) is 5. The molecule has 0 amide bonds. The van der Waals surface area contributed by atoms with Gasteiger partial charge in [0.25, 0.3) is 5.56 Å². The summed E-state index contributed by atoms with van der Waals surface area (Å²) in [6, 6.07) is 0.789. The van der Waals surface area contributed by atoms with Gasteiger partial charge in [0.1, 0.15) is 5.69 Å². The summed E-state index contributed by atoms with van der Waals surface area (Å²) in [7, 11) is 0. The van der Waals surface area contributed by atoms with Crippen molar-refractivity contribution < 1.29 is 13.2 Å². The molecule has 0 unspecified atom stereocenters. The van der Waals surface area contributed by atoms with E-state index in [1.165, 1.54) is 0 Å². The van der Waals surface area contributed by atoms with Crippen LogP contribution in [0.25, 0.3) is 0 Å². The first-order valence-corrected chi connectivity index (χ1v) is 7.10. The Kier molecular flexibility index (Phi) is 4.97. The molecule has 124 valence electrons. The average Bonchev–Trinajstić information content (AvgIpc) is 2.52. The molecule has 23 heavy (non-hydrogen) atoms. The van der Waals surface area contributed by atoms with E-state index in [-0.39, 0.29) is 18.1 Å². The molecule has 0 fully saturated rings. The van der Waals surface area contributed by atoms with Crippen LogP contribution in [0, 0.1) is 0 Å². The first-order valence-electron chi connectivity index (χ1n) is 7.10. The highest BCUT2D eigenvalue weighted by atomic mass is 19.4. The summed E-state index contributed by atoms with van der Waals surface area (Å²) < 4.78 is 37.9. The molecule has 6 nitrogen and oxygen atoms in total. The van der Waals surface area contributed by atoms with Crippen molar-refractivity contribution in [2.24, 2.45) is 0 Å². The van der Waals surface area contributed by atoms with Crippen molar-refractivity contribution in [2.45, 2.75) is 39.4 Å². The molecule has 0 radical (unpaired) electrons. The van der Waals surface area contributed by atoms with Gasteiger partial charge in [-0.1, -0.05) is 13.8 Å². The van der Waals surface area contributed by atoms with E-state index in [2.05, 4.69) is 25.5 Å². The number of rotatable bonds is 5. The SMILES string of the molecule is CCc1n[nH]c(=O)c(CNc2nccc(C(F)(F)F)n2)c1CC. The number of anilines is 1. The first-order chi connectivity index (χ1) is 10.9. The molecular weight excluding hydrogens is 311 g/mol. The van der Waals surface area contributed by atoms with Crippen molar-refractivity contribution in [3.05, 3.63) is 45.1 Å². The molecule has 2 aromatic heterocycles. The van der Waals surface area contributed by atoms with Gasteiger partial charge >= 0.3 is 6.18 Å². The zero-order valence-electron chi connectivity index (χ0n) is 12.7. The molecule has 2 rings (SSSR count). The van der Waals surface area contributed by atoms with Crippen LogP contribution in [0.5, 0.6) is 0 Å². The van der Waals surface area contributed by atoms with Crippen LogP contribution in [0.1, 0.15) is 36.4 Å². The number of H-pyrrole nitrogens is 1. The summed E-state index contributed by atoms with van der Waals surface area (Å²) in [6.45, 7) is 3.82. The van der Waals surface area contributed by atoms with Crippen LogP contribution in [0.3, 0.4) is 0 Å². The minimum absolute atomic E-state index is 0.0232. The van der Waals surface area contributed by atoms with Gasteiger partial charge in [0.05, 0.1) is 5.69 Å². The fraction of sp³-hybridized carbons (Fsp3) is 0.429. The van der Waals surface area contributed by atoms with Crippen LogP contribution in [0.4, 0.5) is 19.1 Å². The van der Waals surface area contributed by atoms with Gasteiger partial charge in [0.2, 0.25) is 5.95 Å². The van der Waals surface area contributed by atoms with Crippen LogP contribution in [0.2, 0.25) is 0 Å². The maximum Gasteiger partial charge on any atom is 0.433 e. The van der Waals surface area contributed by atoms with E-state index in [9.17, 15) is 18.0 Å². The standard InChI is InChI=1S/C14H16F3N5O/c1-3-8-9(12(23)22-21-10(8)4-2)7-19-13-18-6-5-11(20-13)14(15,16)17/h5-6H,3-4,7H2,1-2H3,(H,22,23)(H,18,19,20). The number of aromatic nitrogens is 4. The van der Waals surface area contributed by atoms with E-state index in [4.69, 9.17) is 0 Å². The monoisotopic (exact) mass is 327 g/mol. The third-order valence-electron chi connectivity index (χ3n) is 3.34. The van der Waals surface area contributed by atoms with Crippen molar-refractivity contribution in [1.82, 2.24) is 20.2 Å². The van der Waals surface area contributed by atoms with Crippen LogP contribution >= 0.6 is 0 Å². The maximum absolute atomic E-state index is 12.6. The molecule has 0 spiro atoms. The van der Waals surface area contributed by atoms with Gasteiger partial charge in [-0.25, -0.2) is 15.1 Å². The second kappa shape index (κ2) is 6.76. The summed E-state index contributed by atoms with van der Waals surface area (Å²) in [5.41, 5.74) is 0.562. The predicted molar refractivity (Wildman–Crippen MR) is 78.0 cm³/mol. The smallest absolute Gasteiger partial charge is 0.350 e. The van der Waals surface area contributed by atoms with E-state index in [1.54, 1.807) is 0 Å². The number of nitrogens with one attached hydrogen (secondary N) is 2. The van der Waals surface area contributed by atoms with Crippen molar-refractivity contribution in [3.8, 4) is 0 Å². The lowest BCUT2D eigenvalue weighted by Crippen LogP contribution is -2.23. The Morgan fingerprint density at radius 3 is 2.57 bits per heavy atom. The van der Waals surface area contributed by atoms with Crippen LogP contribution in [-0.4, -0.2) is 20.2 Å². The Morgan fingerprint density at radius 1 is 1.22 bits per heavy atom. The average molecular weight is 327 g/mol. The van der Waals surface area contributed by atoms with Gasteiger partial charge in [0.15, 0.2) is 0 Å². The highest BCUT2D eigenvalue weighted by molar-refractivity contribution is 5.33. The number of alkyl halides is 3. The number of aryl methyl sites for hydroxylation is 1. The molecule has 2 heterocycles. The van der Waals surface area contributed by atoms with Gasteiger partial charge in [-0.15, -0.1) is 0 Å². The topological polar surface area (TPSA) is 83.6 Å². The molecule has 0 bridgehead atoms. The lowest BCUT2D eigenvalue weighted by Gasteiger charge is -2.12. The predicted octanol–water partition coefficient (Wildman–Crippen LogP) is 2.32. The van der Waals surface area contributed by atoms with E-state index >= 15 is 0 Å². The highest BCUT2D eigenvalue weighted by Gasteiger charge is 2.32. The first kappa shape index (κ1) is 16.9. The molecule has 0 aliphatic carbocycles. The minimum atomic E-state index is -4.54. The van der Waals surface area contributed by atoms with Crippen molar-refractivity contribution in [1.29, 1.82) is 0 Å². The van der Waals surface area contributed by atoms with Crippen molar-refractivity contribution >= 4 is 5.95 Å². The lowest BCUT2D eigenvalue weighted by atomic mass is 10.0. The fourth-order valence-corrected chi connectivity index (χ4v) is 2.23. The summed E-state index contributed by atoms with van der Waals surface area (Å²) in [6.07, 6.45) is -2.28. The summed E-state index contributed by atoms with van der Waals surface area (Å²) in [5, 5.41) is 9.05. The van der Waals surface area contributed by atoms with Gasteiger partial charge in [0, 0.05) is 18.3 Å². The van der Waals surface area contributed by atoms with Gasteiger partial charge in [-0.05, 0) is 24.5 Å². The Balaban J connectivity index is 2.27. The molecule has 0 atom stereocenters. The van der Waals surface area contributed by atoms with Crippen molar-refractivity contribution in [3.63, 3.8) is 0 Å². The Labute approximate surface area is 130 Å². The van der Waals surface area contributed by atoms with Crippen LogP contribution < -0.4 is 10.9 Å². The normalized spacial score (nSPS) is 11.5. The van der Waals surface area contributed by atoms with Gasteiger partial charge in [-0.3, -0.25) is 4.79 Å². The molecular formula is C14H16F3N5O. The fourth-order valence-electron chi connectivity index (χ4n) is 2.23. The zero-order valence-corrected chi connectivity index (χ0v) is 12.7. The molecule has 0 saturated carbocycles. The third kappa shape index (κ3) is 3.85. The van der Waals surface area contributed by atoms with Gasteiger partial charge in [-0.2, -0.15) is 18.3 Å². The third-order valence-corrected chi connectivity index (χ3v) is 3.34. The zero-order chi connectivity index (χ0) is 17.0. The van der Waals surface area contributed by atoms with E-state index in [0.29, 0.717) is 18.4 Å². The largest absolute Gasteiger partial charge is 0.433 e. The van der Waals surface area contributed by atoms with E-state index in [0.717, 1.165) is 23.5 Å². The molecule has 0 aromatic carbocycles. The summed E-state index contributed by atoms with van der Waals surface area (Å²) >= 11 is 0.